The van der Waals surface area contributed by atoms with E-state index in [1.807, 2.05) is 11.8 Å². The number of aromatic nitrogens is 2. The molecule has 0 radical (unpaired) electrons. The van der Waals surface area contributed by atoms with Crippen molar-refractivity contribution in [2.24, 2.45) is 0 Å². The van der Waals surface area contributed by atoms with Crippen LogP contribution in [0.3, 0.4) is 0 Å². The number of nitrogens with one attached hydrogen (secondary N) is 1. The van der Waals surface area contributed by atoms with E-state index in [1.54, 1.807) is 12.4 Å². The van der Waals surface area contributed by atoms with E-state index in [0.717, 1.165) is 5.56 Å². The Morgan fingerprint density at radius 1 is 1.33 bits per heavy atom. The highest BCUT2D eigenvalue weighted by molar-refractivity contribution is 7.91. The first kappa shape index (κ1) is 16.2. The fraction of sp³-hybridized carbons (Fsp3) is 0.714. The van der Waals surface area contributed by atoms with Crippen molar-refractivity contribution in [3.8, 4) is 0 Å². The Hall–Kier alpha value is -1.21. The quantitative estimate of drug-likeness (QED) is 0.897. The van der Waals surface area contributed by atoms with E-state index in [9.17, 15) is 8.42 Å². The molecule has 0 spiro atoms. The van der Waals surface area contributed by atoms with Crippen molar-refractivity contribution in [2.45, 2.75) is 45.8 Å². The number of anilines is 1. The second-order valence-electron chi connectivity index (χ2n) is 6.65. The predicted molar refractivity (Wildman–Crippen MR) is 84.1 cm³/mol. The van der Waals surface area contributed by atoms with Crippen LogP contribution >= 0.6 is 0 Å². The molecule has 1 aromatic heterocycles. The lowest BCUT2D eigenvalue weighted by Gasteiger charge is -2.33. The first-order valence-corrected chi connectivity index (χ1v) is 9.01. The van der Waals surface area contributed by atoms with Crippen LogP contribution in [0.5, 0.6) is 0 Å². The number of hydrogen-bond donors (Lipinski definition) is 1. The summed E-state index contributed by atoms with van der Waals surface area (Å²) >= 11 is 0. The van der Waals surface area contributed by atoms with Crippen molar-refractivity contribution >= 4 is 15.8 Å². The Balaban J connectivity index is 2.02. The normalized spacial score (nSPS) is 22.3. The summed E-state index contributed by atoms with van der Waals surface area (Å²) in [7, 11) is -2.91. The molecule has 1 fully saturated rings. The molecule has 1 saturated heterocycles. The van der Waals surface area contributed by atoms with Crippen LogP contribution in [-0.2, 0) is 16.4 Å². The fourth-order valence-electron chi connectivity index (χ4n) is 2.25. The van der Waals surface area contributed by atoms with Gasteiger partial charge < -0.3 is 10.2 Å². The predicted octanol–water partition coefficient (Wildman–Crippen LogP) is 0.988. The molecule has 0 bridgehead atoms. The van der Waals surface area contributed by atoms with Crippen molar-refractivity contribution in [1.29, 1.82) is 0 Å². The van der Waals surface area contributed by atoms with Gasteiger partial charge in [0.25, 0.3) is 0 Å². The summed E-state index contributed by atoms with van der Waals surface area (Å²) in [5.74, 6) is 0.953. The van der Waals surface area contributed by atoms with Crippen LogP contribution in [0.25, 0.3) is 0 Å². The maximum absolute atomic E-state index is 11.6. The smallest absolute Gasteiger partial charge is 0.225 e. The van der Waals surface area contributed by atoms with Crippen molar-refractivity contribution in [3.63, 3.8) is 0 Å². The standard InChI is InChI=1S/C14H24N4O2S/c1-11-10-21(19,20)6-5-18(11)13-15-7-12(8-16-13)9-17-14(2,3)4/h7-8,11,17H,5-6,9-10H2,1-4H3. The molecule has 7 heteroatoms. The summed E-state index contributed by atoms with van der Waals surface area (Å²) in [6.07, 6.45) is 3.60. The van der Waals surface area contributed by atoms with Crippen LogP contribution in [0.2, 0.25) is 0 Å². The molecule has 0 amide bonds. The molecular formula is C14H24N4O2S. The van der Waals surface area contributed by atoms with Gasteiger partial charge >= 0.3 is 0 Å². The van der Waals surface area contributed by atoms with Crippen molar-refractivity contribution in [2.75, 3.05) is 23.0 Å². The van der Waals surface area contributed by atoms with Gasteiger partial charge in [-0.15, -0.1) is 0 Å². The van der Waals surface area contributed by atoms with Gasteiger partial charge in [0.1, 0.15) is 0 Å². The zero-order valence-electron chi connectivity index (χ0n) is 13.1. The molecule has 1 aliphatic heterocycles. The van der Waals surface area contributed by atoms with E-state index >= 15 is 0 Å². The molecule has 1 aromatic rings. The lowest BCUT2D eigenvalue weighted by atomic mass is 10.1. The van der Waals surface area contributed by atoms with Gasteiger partial charge in [-0.2, -0.15) is 0 Å². The van der Waals surface area contributed by atoms with Crippen LogP contribution in [0.4, 0.5) is 5.95 Å². The molecule has 1 aliphatic rings. The monoisotopic (exact) mass is 312 g/mol. The highest BCUT2D eigenvalue weighted by Gasteiger charge is 2.29. The SMILES string of the molecule is CC1CS(=O)(=O)CCN1c1ncc(CNC(C)(C)C)cn1. The molecule has 6 nitrogen and oxygen atoms in total. The molecular weight excluding hydrogens is 288 g/mol. The largest absolute Gasteiger partial charge is 0.336 e. The summed E-state index contributed by atoms with van der Waals surface area (Å²) < 4.78 is 23.2. The van der Waals surface area contributed by atoms with E-state index in [1.165, 1.54) is 0 Å². The van der Waals surface area contributed by atoms with E-state index in [-0.39, 0.29) is 23.1 Å². The zero-order valence-corrected chi connectivity index (χ0v) is 13.9. The Morgan fingerprint density at radius 3 is 2.48 bits per heavy atom. The number of hydrogen-bond acceptors (Lipinski definition) is 6. The van der Waals surface area contributed by atoms with Gasteiger partial charge in [0, 0.05) is 42.6 Å². The van der Waals surface area contributed by atoms with Gasteiger partial charge in [0.15, 0.2) is 9.84 Å². The molecule has 118 valence electrons. The second-order valence-corrected chi connectivity index (χ2v) is 8.88. The Bertz CT molecular complexity index is 578. The zero-order chi connectivity index (χ0) is 15.7. The molecule has 1 unspecified atom stereocenters. The average molecular weight is 312 g/mol. The number of sulfone groups is 1. The summed E-state index contributed by atoms with van der Waals surface area (Å²) in [6.45, 7) is 9.40. The van der Waals surface area contributed by atoms with Crippen LogP contribution < -0.4 is 10.2 Å². The molecule has 1 N–H and O–H groups in total. The second kappa shape index (κ2) is 5.88. The van der Waals surface area contributed by atoms with E-state index in [0.29, 0.717) is 19.0 Å². The first-order valence-electron chi connectivity index (χ1n) is 7.19. The van der Waals surface area contributed by atoms with Gasteiger partial charge in [-0.05, 0) is 27.7 Å². The van der Waals surface area contributed by atoms with Gasteiger partial charge in [-0.25, -0.2) is 18.4 Å². The molecule has 21 heavy (non-hydrogen) atoms. The molecule has 2 rings (SSSR count). The minimum absolute atomic E-state index is 0.0500. The Labute approximate surface area is 126 Å². The minimum Gasteiger partial charge on any atom is -0.336 e. The van der Waals surface area contributed by atoms with Gasteiger partial charge in [-0.1, -0.05) is 0 Å². The van der Waals surface area contributed by atoms with Gasteiger partial charge in [0.05, 0.1) is 11.5 Å². The highest BCUT2D eigenvalue weighted by Crippen LogP contribution is 2.17. The molecule has 0 saturated carbocycles. The lowest BCUT2D eigenvalue weighted by molar-refractivity contribution is 0.423. The summed E-state index contributed by atoms with van der Waals surface area (Å²) in [4.78, 5) is 10.7. The van der Waals surface area contributed by atoms with Crippen LogP contribution in [0.1, 0.15) is 33.3 Å². The summed E-state index contributed by atoms with van der Waals surface area (Å²) in [5, 5.41) is 3.38. The van der Waals surface area contributed by atoms with Crippen LogP contribution in [0, 0.1) is 0 Å². The van der Waals surface area contributed by atoms with E-state index in [4.69, 9.17) is 0 Å². The Kier molecular flexibility index (Phi) is 4.53. The van der Waals surface area contributed by atoms with E-state index < -0.39 is 9.84 Å². The third-order valence-corrected chi connectivity index (χ3v) is 5.24. The van der Waals surface area contributed by atoms with E-state index in [2.05, 4.69) is 36.1 Å². The maximum Gasteiger partial charge on any atom is 0.225 e. The maximum atomic E-state index is 11.6. The molecule has 0 aliphatic carbocycles. The summed E-state index contributed by atoms with van der Waals surface area (Å²) in [6, 6.07) is -0.0812. The molecule has 0 aromatic carbocycles. The van der Waals surface area contributed by atoms with Crippen molar-refractivity contribution in [1.82, 2.24) is 15.3 Å². The third-order valence-electron chi connectivity index (χ3n) is 3.44. The number of rotatable bonds is 3. The Morgan fingerprint density at radius 2 is 1.95 bits per heavy atom. The fourth-order valence-corrected chi connectivity index (χ4v) is 3.81. The van der Waals surface area contributed by atoms with Crippen molar-refractivity contribution < 1.29 is 8.42 Å². The lowest BCUT2D eigenvalue weighted by Crippen LogP contribution is -2.47. The minimum atomic E-state index is -2.91. The van der Waals surface area contributed by atoms with Crippen molar-refractivity contribution in [3.05, 3.63) is 18.0 Å². The number of nitrogens with zero attached hydrogens (tertiary/aromatic N) is 3. The average Bonchev–Trinajstić information content (AvgIpc) is 2.35. The van der Waals surface area contributed by atoms with Crippen LogP contribution in [0.15, 0.2) is 12.4 Å². The topological polar surface area (TPSA) is 75.2 Å². The molecule has 2 heterocycles. The first-order chi connectivity index (χ1) is 9.66. The third kappa shape index (κ3) is 4.64. The van der Waals surface area contributed by atoms with Crippen LogP contribution in [-0.4, -0.2) is 48.0 Å². The highest BCUT2D eigenvalue weighted by atomic mass is 32.2. The summed E-state index contributed by atoms with van der Waals surface area (Å²) in [5.41, 5.74) is 1.07. The molecule has 1 atom stereocenters. The van der Waals surface area contributed by atoms with Gasteiger partial charge in [0.2, 0.25) is 5.95 Å². The van der Waals surface area contributed by atoms with Gasteiger partial charge in [-0.3, -0.25) is 0 Å².